The molecule has 0 aromatic heterocycles. The van der Waals surface area contributed by atoms with Crippen LogP contribution in [0.15, 0.2) is 237 Å². The van der Waals surface area contributed by atoms with E-state index in [1.807, 2.05) is 36.5 Å². The van der Waals surface area contributed by atoms with Crippen LogP contribution in [-0.4, -0.2) is 17.9 Å². The topological polar surface area (TPSA) is 78.9 Å². The maximum Gasteiger partial charge on any atom is 0.311 e. The van der Waals surface area contributed by atoms with Gasteiger partial charge in [0.25, 0.3) is 0 Å². The zero-order valence-corrected chi connectivity index (χ0v) is 47.9. The van der Waals surface area contributed by atoms with Crippen LogP contribution < -0.4 is 14.2 Å². The van der Waals surface area contributed by atoms with Gasteiger partial charge in [0.15, 0.2) is 0 Å². The number of hydrogen-bond donors (Lipinski definition) is 0. The number of allylic oxidation sites excluding steroid dienone is 36. The molecular weight excluding hydrogens is 961 g/mol. The second-order valence-corrected chi connectivity index (χ2v) is 17.9. The van der Waals surface area contributed by atoms with E-state index in [0.29, 0.717) is 19.3 Å². The zero-order chi connectivity index (χ0) is 56.1. The summed E-state index contributed by atoms with van der Waals surface area (Å²) in [6, 6.07) is 4.41. The van der Waals surface area contributed by atoms with Crippen LogP contribution in [-0.2, 0) is 14.4 Å². The second-order valence-electron chi connectivity index (χ2n) is 17.9. The smallest absolute Gasteiger partial charge is 0.311 e. The summed E-state index contributed by atoms with van der Waals surface area (Å²) in [4.78, 5) is 38.7. The van der Waals surface area contributed by atoms with Crippen LogP contribution in [0.2, 0.25) is 0 Å². The van der Waals surface area contributed by atoms with E-state index in [4.69, 9.17) is 14.2 Å². The quantitative estimate of drug-likeness (QED) is 0.0368. The van der Waals surface area contributed by atoms with Crippen molar-refractivity contribution < 1.29 is 28.6 Å². The van der Waals surface area contributed by atoms with E-state index in [9.17, 15) is 14.4 Å². The Hall–Kier alpha value is -7.05. The lowest BCUT2D eigenvalue weighted by Crippen LogP contribution is -2.11. The summed E-state index contributed by atoms with van der Waals surface area (Å²) < 4.78 is 17.0. The number of carbonyl (C=O) groups excluding carboxylic acids is 3. The number of carbonyl (C=O) groups is 3. The molecule has 0 aliphatic heterocycles. The Morgan fingerprint density at radius 3 is 0.538 bits per heavy atom. The molecule has 0 N–H and O–H groups in total. The van der Waals surface area contributed by atoms with Gasteiger partial charge >= 0.3 is 17.9 Å². The van der Waals surface area contributed by atoms with Crippen molar-refractivity contribution in [3.05, 3.63) is 237 Å². The predicted molar refractivity (Wildman–Crippen MR) is 336 cm³/mol. The van der Waals surface area contributed by atoms with E-state index in [1.54, 1.807) is 0 Å². The van der Waals surface area contributed by atoms with Crippen LogP contribution in [0.25, 0.3) is 0 Å². The molecule has 78 heavy (non-hydrogen) atoms. The van der Waals surface area contributed by atoms with Gasteiger partial charge in [0.05, 0.1) is 0 Å². The van der Waals surface area contributed by atoms with Crippen LogP contribution in [0.3, 0.4) is 0 Å². The average molecular weight is 1060 g/mol. The summed E-state index contributed by atoms with van der Waals surface area (Å²) in [5.74, 6) is -0.971. The highest BCUT2D eigenvalue weighted by molar-refractivity contribution is 5.76. The minimum atomic E-state index is -0.453. The van der Waals surface area contributed by atoms with Crippen molar-refractivity contribution in [1.29, 1.82) is 0 Å². The second kappa shape index (κ2) is 56.2. The number of esters is 3. The summed E-state index contributed by atoms with van der Waals surface area (Å²) in [6.45, 7) is 6.43. The number of rotatable bonds is 45. The third-order valence-corrected chi connectivity index (χ3v) is 10.9. The first-order valence-electron chi connectivity index (χ1n) is 28.9. The monoisotopic (exact) mass is 1060 g/mol. The molecule has 0 spiro atoms. The van der Waals surface area contributed by atoms with Gasteiger partial charge in [0, 0.05) is 37.5 Å². The first kappa shape index (κ1) is 69.0. The Bertz CT molecular complexity index is 2000. The van der Waals surface area contributed by atoms with E-state index < -0.39 is 17.9 Å². The summed E-state index contributed by atoms with van der Waals surface area (Å²) in [5, 5.41) is 0. The van der Waals surface area contributed by atoms with Crippen LogP contribution in [0.1, 0.15) is 175 Å². The summed E-state index contributed by atoms with van der Waals surface area (Å²) in [5.41, 5.74) is 0. The van der Waals surface area contributed by atoms with Crippen molar-refractivity contribution in [2.75, 3.05) is 0 Å². The van der Waals surface area contributed by atoms with Gasteiger partial charge in [-0.1, -0.05) is 240 Å². The molecule has 0 atom stereocenters. The Labute approximate surface area is 473 Å². The Morgan fingerprint density at radius 2 is 0.385 bits per heavy atom. The molecule has 0 amide bonds. The number of hydrogen-bond acceptors (Lipinski definition) is 6. The Balaban J connectivity index is 2.66. The highest BCUT2D eigenvalue weighted by atomic mass is 16.6. The van der Waals surface area contributed by atoms with Gasteiger partial charge in [0.1, 0.15) is 17.2 Å². The Kier molecular flexibility index (Phi) is 49.7. The molecule has 0 saturated heterocycles. The normalized spacial score (nSPS) is 13.3. The van der Waals surface area contributed by atoms with Crippen LogP contribution >= 0.6 is 0 Å². The minimum Gasteiger partial charge on any atom is -0.426 e. The highest BCUT2D eigenvalue weighted by Gasteiger charge is 2.14. The molecule has 0 bridgehead atoms. The number of ether oxygens (including phenoxy) is 3. The predicted octanol–water partition coefficient (Wildman–Crippen LogP) is 20.8. The van der Waals surface area contributed by atoms with Gasteiger partial charge in [-0.25, -0.2) is 0 Å². The molecule has 1 aromatic rings. The largest absolute Gasteiger partial charge is 0.426 e. The van der Waals surface area contributed by atoms with E-state index in [2.05, 4.69) is 203 Å². The molecule has 1 rings (SSSR count). The van der Waals surface area contributed by atoms with Gasteiger partial charge < -0.3 is 14.2 Å². The fourth-order valence-electron chi connectivity index (χ4n) is 6.79. The van der Waals surface area contributed by atoms with Crippen molar-refractivity contribution in [3.8, 4) is 17.2 Å². The standard InChI is InChI=1S/C72H96O6/c1-4-7-10-13-16-19-22-25-28-31-34-37-40-43-46-49-52-55-58-61-70(73)76-67-64-68(77-71(74)62-59-56-53-50-47-44-41-38-35-32-29-26-23-20-17-14-11-8-5-2)66-69(65-67)78-72(75)63-60-57-54-51-48-45-42-39-36-33-30-27-24-21-18-15-12-9-6-3/h7-12,16-21,25-30,34-39,43-48,52-57,64-66H,4-6,13-15,22-24,31-33,40-42,49-51,58-63H2,1-3H3. The summed E-state index contributed by atoms with van der Waals surface area (Å²) >= 11 is 0. The highest BCUT2D eigenvalue weighted by Crippen LogP contribution is 2.29. The zero-order valence-electron chi connectivity index (χ0n) is 47.9. The molecule has 6 nitrogen and oxygen atoms in total. The van der Waals surface area contributed by atoms with Gasteiger partial charge in [-0.05, 0) is 135 Å². The third-order valence-electron chi connectivity index (χ3n) is 10.9. The molecule has 0 radical (unpaired) electrons. The van der Waals surface area contributed by atoms with E-state index >= 15 is 0 Å². The van der Waals surface area contributed by atoms with Crippen molar-refractivity contribution in [3.63, 3.8) is 0 Å². The number of benzene rings is 1. The van der Waals surface area contributed by atoms with Gasteiger partial charge in [0.2, 0.25) is 0 Å². The molecule has 6 heteroatoms. The van der Waals surface area contributed by atoms with Crippen molar-refractivity contribution in [2.24, 2.45) is 0 Å². The molecular formula is C72H96O6. The molecule has 1 aromatic carbocycles. The summed E-state index contributed by atoms with van der Waals surface area (Å²) in [6.07, 6.45) is 95.9. The van der Waals surface area contributed by atoms with E-state index in [0.717, 1.165) is 116 Å². The Morgan fingerprint density at radius 1 is 0.244 bits per heavy atom. The van der Waals surface area contributed by atoms with Crippen LogP contribution in [0, 0.1) is 0 Å². The fourth-order valence-corrected chi connectivity index (χ4v) is 6.79. The van der Waals surface area contributed by atoms with Gasteiger partial charge in [-0.15, -0.1) is 0 Å². The lowest BCUT2D eigenvalue weighted by Gasteiger charge is -2.11. The molecule has 0 fully saturated rings. The first-order valence-corrected chi connectivity index (χ1v) is 28.9. The van der Waals surface area contributed by atoms with Crippen molar-refractivity contribution in [1.82, 2.24) is 0 Å². The molecule has 0 aliphatic carbocycles. The maximum absolute atomic E-state index is 12.9. The molecule has 0 unspecified atom stereocenters. The van der Waals surface area contributed by atoms with Crippen LogP contribution in [0.5, 0.6) is 17.2 Å². The van der Waals surface area contributed by atoms with Crippen molar-refractivity contribution >= 4 is 17.9 Å². The van der Waals surface area contributed by atoms with Gasteiger partial charge in [-0.3, -0.25) is 14.4 Å². The average Bonchev–Trinajstić information content (AvgIpc) is 3.43. The molecule has 0 saturated carbocycles. The SMILES string of the molecule is CCC=CCC=CCC=CCC=CCC=CCC=CCCC(=O)Oc1cc(OC(=O)CCC=CCC=CCC=CCC=CCC=CCC=CCC)cc(OC(=O)CCC=CCC=CCC=CCC=CCC=CCC=CCC)c1. The van der Waals surface area contributed by atoms with Gasteiger partial charge in [-0.2, -0.15) is 0 Å². The molecule has 0 heterocycles. The lowest BCUT2D eigenvalue weighted by molar-refractivity contribution is -0.134. The minimum absolute atomic E-state index is 0.129. The molecule has 420 valence electrons. The van der Waals surface area contributed by atoms with Crippen LogP contribution in [0.4, 0.5) is 0 Å². The fraction of sp³-hybridized carbons (Fsp3) is 0.375. The van der Waals surface area contributed by atoms with E-state index in [-0.39, 0.29) is 36.5 Å². The third kappa shape index (κ3) is 49.8. The summed E-state index contributed by atoms with van der Waals surface area (Å²) in [7, 11) is 0. The maximum atomic E-state index is 12.9. The van der Waals surface area contributed by atoms with E-state index in [1.165, 1.54) is 18.2 Å². The first-order chi connectivity index (χ1) is 38.5. The lowest BCUT2D eigenvalue weighted by atomic mass is 10.2. The van der Waals surface area contributed by atoms with Crippen molar-refractivity contribution in [2.45, 2.75) is 175 Å². The molecule has 0 aliphatic rings.